The normalized spacial score (nSPS) is 13.8. The van der Waals surface area contributed by atoms with Crippen molar-refractivity contribution in [2.45, 2.75) is 13.8 Å². The quantitative estimate of drug-likeness (QED) is 0.271. The number of nitrogens with zero attached hydrogens (tertiary/aromatic N) is 5. The van der Waals surface area contributed by atoms with Gasteiger partial charge in [0.1, 0.15) is 11.5 Å². The Labute approximate surface area is 230 Å². The first-order valence-electron chi connectivity index (χ1n) is 11.8. The molecule has 0 radical (unpaired) electrons. The molecule has 13 heteroatoms. The minimum Gasteiger partial charge on any atom is -0.495 e. The molecule has 0 unspecified atom stereocenters. The predicted molar refractivity (Wildman–Crippen MR) is 150 cm³/mol. The molecule has 0 saturated carbocycles. The second-order valence-electron chi connectivity index (χ2n) is 8.41. The standard InChI is InChI=1S/C25H28ClN7O4S/c1-15-12-16(2)28-23(27-15)30-24(33-9-7-32(8-10-33)22(34)19-6-5-11-37-19)31-25(38)29-18-14-20(35-3)17(26)13-21(18)36-4/h5-6,11-14H,7-10H2,1-4H3,(H2,27,28,29,30,31,38). The number of anilines is 2. The fourth-order valence-corrected chi connectivity index (χ4v) is 4.36. The van der Waals surface area contributed by atoms with E-state index in [1.807, 2.05) is 24.8 Å². The number of halogens is 1. The lowest BCUT2D eigenvalue weighted by molar-refractivity contribution is 0.0660. The van der Waals surface area contributed by atoms with Gasteiger partial charge in [0.2, 0.25) is 17.0 Å². The first-order valence-corrected chi connectivity index (χ1v) is 12.5. The number of aliphatic imine (C=N–C) groups is 1. The third-order valence-electron chi connectivity index (χ3n) is 5.73. The minimum absolute atomic E-state index is 0.153. The summed E-state index contributed by atoms with van der Waals surface area (Å²) in [7, 11) is 3.06. The fraction of sp³-hybridized carbons (Fsp3) is 0.320. The average molecular weight is 558 g/mol. The maximum absolute atomic E-state index is 12.7. The van der Waals surface area contributed by atoms with Crippen molar-refractivity contribution in [3.05, 3.63) is 58.8 Å². The summed E-state index contributed by atoms with van der Waals surface area (Å²) in [4.78, 5) is 30.0. The molecule has 1 aliphatic heterocycles. The number of furan rings is 1. The molecular formula is C25H28ClN7O4S. The molecule has 4 rings (SSSR count). The third-order valence-corrected chi connectivity index (χ3v) is 6.22. The van der Waals surface area contributed by atoms with Gasteiger partial charge in [-0.2, -0.15) is 4.99 Å². The van der Waals surface area contributed by atoms with Crippen molar-refractivity contribution in [1.29, 1.82) is 0 Å². The van der Waals surface area contributed by atoms with Crippen LogP contribution < -0.4 is 20.1 Å². The van der Waals surface area contributed by atoms with Gasteiger partial charge in [0.25, 0.3) is 5.91 Å². The summed E-state index contributed by atoms with van der Waals surface area (Å²) >= 11 is 11.8. The number of nitrogens with one attached hydrogen (secondary N) is 2. The molecule has 11 nitrogen and oxygen atoms in total. The molecule has 3 heterocycles. The molecule has 38 heavy (non-hydrogen) atoms. The van der Waals surface area contributed by atoms with Gasteiger partial charge in [-0.15, -0.1) is 0 Å². The zero-order chi connectivity index (χ0) is 27.2. The van der Waals surface area contributed by atoms with Crippen molar-refractivity contribution < 1.29 is 18.7 Å². The van der Waals surface area contributed by atoms with Gasteiger partial charge < -0.3 is 29.0 Å². The van der Waals surface area contributed by atoms with Crippen LogP contribution in [0.1, 0.15) is 21.9 Å². The van der Waals surface area contributed by atoms with E-state index < -0.39 is 0 Å². The van der Waals surface area contributed by atoms with Crippen LogP contribution in [-0.4, -0.2) is 77.1 Å². The third kappa shape index (κ3) is 6.50. The smallest absolute Gasteiger partial charge is 0.289 e. The summed E-state index contributed by atoms with van der Waals surface area (Å²) in [5, 5.41) is 6.85. The van der Waals surface area contributed by atoms with Crippen LogP contribution in [0.15, 0.2) is 46.0 Å². The summed E-state index contributed by atoms with van der Waals surface area (Å²) in [6.07, 6.45) is 1.49. The molecule has 3 aromatic rings. The SMILES string of the molecule is COc1cc(NC(=S)/N=C(/Nc2nc(C)cc(C)n2)N2CCN(C(=O)c3ccco3)CC2)c(OC)cc1Cl. The van der Waals surface area contributed by atoms with E-state index in [1.54, 1.807) is 29.2 Å². The van der Waals surface area contributed by atoms with Gasteiger partial charge in [-0.1, -0.05) is 11.6 Å². The number of carbonyl (C=O) groups is 1. The maximum Gasteiger partial charge on any atom is 0.289 e. The monoisotopic (exact) mass is 557 g/mol. The first kappa shape index (κ1) is 27.1. The van der Waals surface area contributed by atoms with Crippen LogP contribution in [0.3, 0.4) is 0 Å². The van der Waals surface area contributed by atoms with Crippen molar-refractivity contribution in [3.63, 3.8) is 0 Å². The molecular weight excluding hydrogens is 530 g/mol. The highest BCUT2D eigenvalue weighted by Gasteiger charge is 2.26. The molecule has 1 amide bonds. The molecule has 0 aliphatic carbocycles. The molecule has 0 spiro atoms. The van der Waals surface area contributed by atoms with Gasteiger partial charge in [0, 0.05) is 49.7 Å². The first-order chi connectivity index (χ1) is 18.3. The van der Waals surface area contributed by atoms with E-state index in [4.69, 9.17) is 37.7 Å². The van der Waals surface area contributed by atoms with Gasteiger partial charge in [-0.25, -0.2) is 9.97 Å². The number of carbonyl (C=O) groups excluding carboxylic acids is 1. The van der Waals surface area contributed by atoms with Gasteiger partial charge in [-0.3, -0.25) is 10.1 Å². The van der Waals surface area contributed by atoms with Crippen LogP contribution in [0, 0.1) is 13.8 Å². The van der Waals surface area contributed by atoms with Gasteiger partial charge >= 0.3 is 0 Å². The van der Waals surface area contributed by atoms with Gasteiger partial charge in [0.15, 0.2) is 5.76 Å². The van der Waals surface area contributed by atoms with E-state index in [1.165, 1.54) is 20.5 Å². The van der Waals surface area contributed by atoms with Crippen LogP contribution in [0.5, 0.6) is 11.5 Å². The molecule has 2 aromatic heterocycles. The number of aromatic nitrogens is 2. The second-order valence-corrected chi connectivity index (χ2v) is 9.20. The Morgan fingerprint density at radius 2 is 1.68 bits per heavy atom. The Bertz CT molecular complexity index is 1320. The summed E-state index contributed by atoms with van der Waals surface area (Å²) < 4.78 is 16.0. The summed E-state index contributed by atoms with van der Waals surface area (Å²) in [5.41, 5.74) is 2.16. The number of ether oxygens (including phenoxy) is 2. The molecule has 2 N–H and O–H groups in total. The summed E-state index contributed by atoms with van der Waals surface area (Å²) in [6.45, 7) is 5.73. The van der Waals surface area contributed by atoms with Gasteiger partial charge in [-0.05, 0) is 44.3 Å². The minimum atomic E-state index is -0.153. The molecule has 0 bridgehead atoms. The highest BCUT2D eigenvalue weighted by atomic mass is 35.5. The van der Waals surface area contributed by atoms with Crippen molar-refractivity contribution >= 4 is 52.4 Å². The average Bonchev–Trinajstić information content (AvgIpc) is 3.43. The molecule has 200 valence electrons. The Morgan fingerprint density at radius 3 is 2.29 bits per heavy atom. The Morgan fingerprint density at radius 1 is 1.03 bits per heavy atom. The zero-order valence-corrected chi connectivity index (χ0v) is 23.0. The fourth-order valence-electron chi connectivity index (χ4n) is 3.93. The van der Waals surface area contributed by atoms with Gasteiger partial charge in [0.05, 0.1) is 31.2 Å². The molecule has 1 fully saturated rings. The second kappa shape index (κ2) is 12.1. The molecule has 0 atom stereocenters. The lowest BCUT2D eigenvalue weighted by atomic mass is 10.2. The number of amides is 1. The largest absolute Gasteiger partial charge is 0.495 e. The van der Waals surface area contributed by atoms with Crippen molar-refractivity contribution in [3.8, 4) is 11.5 Å². The summed E-state index contributed by atoms with van der Waals surface area (Å²) in [5.74, 6) is 1.93. The van der Waals surface area contributed by atoms with E-state index in [-0.39, 0.29) is 11.0 Å². The molecule has 1 aromatic carbocycles. The highest BCUT2D eigenvalue weighted by molar-refractivity contribution is 7.80. The van der Waals surface area contributed by atoms with Crippen molar-refractivity contribution in [2.75, 3.05) is 51.0 Å². The van der Waals surface area contributed by atoms with Crippen LogP contribution >= 0.6 is 23.8 Å². The summed E-state index contributed by atoms with van der Waals surface area (Å²) in [6, 6.07) is 8.55. The Balaban J connectivity index is 1.56. The number of piperazine rings is 1. The van der Waals surface area contributed by atoms with E-state index in [0.29, 0.717) is 66.1 Å². The maximum atomic E-state index is 12.7. The zero-order valence-electron chi connectivity index (χ0n) is 21.4. The van der Waals surface area contributed by atoms with E-state index in [2.05, 4.69) is 25.6 Å². The Kier molecular flexibility index (Phi) is 8.64. The van der Waals surface area contributed by atoms with Crippen molar-refractivity contribution in [1.82, 2.24) is 19.8 Å². The Hall–Kier alpha value is -3.90. The molecule has 1 saturated heterocycles. The number of aryl methyl sites for hydroxylation is 2. The number of methoxy groups -OCH3 is 2. The van der Waals surface area contributed by atoms with E-state index >= 15 is 0 Å². The van der Waals surface area contributed by atoms with Crippen LogP contribution in [0.4, 0.5) is 11.6 Å². The predicted octanol–water partition coefficient (Wildman–Crippen LogP) is 3.98. The number of thiocarbonyl (C=S) groups is 1. The van der Waals surface area contributed by atoms with Crippen LogP contribution in [0.2, 0.25) is 5.02 Å². The number of rotatable bonds is 5. The lowest BCUT2D eigenvalue weighted by Crippen LogP contribution is -2.52. The topological polar surface area (TPSA) is 117 Å². The number of hydrogen-bond donors (Lipinski definition) is 2. The number of guanidine groups is 1. The number of hydrogen-bond acceptors (Lipinski definition) is 7. The van der Waals surface area contributed by atoms with Crippen LogP contribution in [-0.2, 0) is 0 Å². The van der Waals surface area contributed by atoms with Crippen molar-refractivity contribution in [2.24, 2.45) is 4.99 Å². The van der Waals surface area contributed by atoms with Crippen LogP contribution in [0.25, 0.3) is 0 Å². The van der Waals surface area contributed by atoms with E-state index in [0.717, 1.165) is 11.4 Å². The van der Waals surface area contributed by atoms with E-state index in [9.17, 15) is 4.79 Å². The highest BCUT2D eigenvalue weighted by Crippen LogP contribution is 2.36. The lowest BCUT2D eigenvalue weighted by Gasteiger charge is -2.36. The number of benzene rings is 1. The molecule has 1 aliphatic rings.